The van der Waals surface area contributed by atoms with Crippen molar-refractivity contribution in [2.45, 2.75) is 13.5 Å². The number of rotatable bonds is 5. The molecule has 3 aromatic rings. The molecule has 1 N–H and O–H groups in total. The quantitative estimate of drug-likeness (QED) is 0.781. The lowest BCUT2D eigenvalue weighted by Gasteiger charge is -2.07. The fourth-order valence-corrected chi connectivity index (χ4v) is 2.40. The second-order valence-corrected chi connectivity index (χ2v) is 5.23. The molecule has 0 fully saturated rings. The van der Waals surface area contributed by atoms with Crippen molar-refractivity contribution in [3.63, 3.8) is 0 Å². The van der Waals surface area contributed by atoms with Gasteiger partial charge in [0.1, 0.15) is 22.8 Å². The Kier molecular flexibility index (Phi) is 4.56. The van der Waals surface area contributed by atoms with Crippen LogP contribution >= 0.6 is 0 Å². The van der Waals surface area contributed by atoms with Gasteiger partial charge in [-0.1, -0.05) is 17.3 Å². The lowest BCUT2D eigenvalue weighted by Crippen LogP contribution is -2.23. The molecule has 0 aliphatic carbocycles. The van der Waals surface area contributed by atoms with Crippen LogP contribution in [-0.2, 0) is 6.54 Å². The van der Waals surface area contributed by atoms with Crippen LogP contribution in [0.5, 0.6) is 5.75 Å². The van der Waals surface area contributed by atoms with E-state index in [-0.39, 0.29) is 5.91 Å². The number of hydrogen-bond donors (Lipinski definition) is 1. The third-order valence-corrected chi connectivity index (χ3v) is 3.63. The molecular formula is C18H17N3O3. The van der Waals surface area contributed by atoms with E-state index in [1.165, 1.54) is 0 Å². The van der Waals surface area contributed by atoms with Crippen LogP contribution in [0, 0.1) is 6.92 Å². The zero-order valence-corrected chi connectivity index (χ0v) is 13.4. The fourth-order valence-electron chi connectivity index (χ4n) is 2.40. The predicted octanol–water partition coefficient (Wildman–Crippen LogP) is 2.98. The molecule has 3 rings (SSSR count). The summed E-state index contributed by atoms with van der Waals surface area (Å²) in [6.45, 7) is 2.11. The highest BCUT2D eigenvalue weighted by molar-refractivity contribution is 6.00. The number of aryl methyl sites for hydroxylation is 1. The highest BCUT2D eigenvalue weighted by Gasteiger charge is 2.21. The average molecular weight is 323 g/mol. The molecule has 24 heavy (non-hydrogen) atoms. The first kappa shape index (κ1) is 15.7. The van der Waals surface area contributed by atoms with Crippen molar-refractivity contribution in [1.82, 2.24) is 15.5 Å². The van der Waals surface area contributed by atoms with Crippen molar-refractivity contribution in [2.75, 3.05) is 7.11 Å². The maximum atomic E-state index is 12.6. The Balaban J connectivity index is 1.79. The van der Waals surface area contributed by atoms with E-state index in [1.54, 1.807) is 38.6 Å². The highest BCUT2D eigenvalue weighted by atomic mass is 16.5. The number of carbonyl (C=O) groups excluding carboxylic acids is 1. The Hall–Kier alpha value is -3.15. The van der Waals surface area contributed by atoms with Crippen molar-refractivity contribution < 1.29 is 14.1 Å². The van der Waals surface area contributed by atoms with Gasteiger partial charge in [0.2, 0.25) is 0 Å². The Morgan fingerprint density at radius 2 is 2.04 bits per heavy atom. The zero-order chi connectivity index (χ0) is 16.9. The summed E-state index contributed by atoms with van der Waals surface area (Å²) in [6, 6.07) is 11.1. The maximum Gasteiger partial charge on any atom is 0.257 e. The van der Waals surface area contributed by atoms with Crippen LogP contribution in [0.4, 0.5) is 0 Å². The number of benzene rings is 1. The number of amides is 1. The molecule has 122 valence electrons. The topological polar surface area (TPSA) is 77.2 Å². The summed E-state index contributed by atoms with van der Waals surface area (Å²) in [5, 5.41) is 6.90. The van der Waals surface area contributed by atoms with Crippen molar-refractivity contribution >= 4 is 5.91 Å². The van der Waals surface area contributed by atoms with Crippen LogP contribution in [-0.4, -0.2) is 23.2 Å². The first-order valence-electron chi connectivity index (χ1n) is 7.47. The summed E-state index contributed by atoms with van der Waals surface area (Å²) in [5.74, 6) is 0.994. The van der Waals surface area contributed by atoms with Crippen molar-refractivity contribution in [1.29, 1.82) is 0 Å². The molecule has 2 aromatic heterocycles. The Labute approximate surface area is 139 Å². The minimum atomic E-state index is -0.233. The summed E-state index contributed by atoms with van der Waals surface area (Å²) in [4.78, 5) is 16.6. The SMILES string of the molecule is COc1cccc(CNC(=O)c2c(-c3ccncc3)noc2C)c1. The Morgan fingerprint density at radius 1 is 1.25 bits per heavy atom. The third kappa shape index (κ3) is 3.27. The first-order chi connectivity index (χ1) is 11.7. The third-order valence-electron chi connectivity index (χ3n) is 3.63. The number of pyridine rings is 1. The van der Waals surface area contributed by atoms with Gasteiger partial charge < -0.3 is 14.6 Å². The van der Waals surface area contributed by atoms with Gasteiger partial charge >= 0.3 is 0 Å². The number of aromatic nitrogens is 2. The standard InChI is InChI=1S/C18H17N3O3/c1-12-16(17(21-24-12)14-6-8-19-9-7-14)18(22)20-11-13-4-3-5-15(10-13)23-2/h3-10H,11H2,1-2H3,(H,20,22). The molecular weight excluding hydrogens is 306 g/mol. The monoisotopic (exact) mass is 323 g/mol. The normalized spacial score (nSPS) is 10.4. The molecule has 0 saturated heterocycles. The minimum absolute atomic E-state index is 0.233. The minimum Gasteiger partial charge on any atom is -0.497 e. The first-order valence-corrected chi connectivity index (χ1v) is 7.47. The van der Waals surface area contributed by atoms with E-state index in [0.29, 0.717) is 23.6 Å². The molecule has 0 aliphatic rings. The summed E-state index contributed by atoms with van der Waals surface area (Å²) in [6.07, 6.45) is 3.30. The average Bonchev–Trinajstić information content (AvgIpc) is 3.02. The van der Waals surface area contributed by atoms with Gasteiger partial charge in [0.15, 0.2) is 0 Å². The summed E-state index contributed by atoms with van der Waals surface area (Å²) < 4.78 is 10.4. The molecule has 0 radical (unpaired) electrons. The smallest absolute Gasteiger partial charge is 0.257 e. The number of nitrogens with one attached hydrogen (secondary N) is 1. The van der Waals surface area contributed by atoms with Gasteiger partial charge in [0.05, 0.1) is 7.11 Å². The van der Waals surface area contributed by atoms with Crippen LogP contribution in [0.25, 0.3) is 11.3 Å². The van der Waals surface area contributed by atoms with Gasteiger partial charge in [-0.3, -0.25) is 9.78 Å². The van der Waals surface area contributed by atoms with E-state index in [9.17, 15) is 4.79 Å². The number of carbonyl (C=O) groups is 1. The molecule has 2 heterocycles. The number of hydrogen-bond acceptors (Lipinski definition) is 5. The lowest BCUT2D eigenvalue weighted by molar-refractivity contribution is 0.0950. The molecule has 1 amide bonds. The second kappa shape index (κ2) is 6.95. The van der Waals surface area contributed by atoms with Crippen molar-refractivity contribution in [3.05, 3.63) is 65.7 Å². The largest absolute Gasteiger partial charge is 0.497 e. The van der Waals surface area contributed by atoms with Gasteiger partial charge in [-0.25, -0.2) is 0 Å². The summed E-state index contributed by atoms with van der Waals surface area (Å²) in [7, 11) is 1.61. The van der Waals surface area contributed by atoms with Crippen molar-refractivity contribution in [3.8, 4) is 17.0 Å². The maximum absolute atomic E-state index is 12.6. The van der Waals surface area contributed by atoms with Gasteiger partial charge in [-0.2, -0.15) is 0 Å². The van der Waals surface area contributed by atoms with Gasteiger partial charge in [0.25, 0.3) is 5.91 Å². The number of ether oxygens (including phenoxy) is 1. The predicted molar refractivity (Wildman–Crippen MR) is 88.6 cm³/mol. The number of methoxy groups -OCH3 is 1. The van der Waals surface area contributed by atoms with Crippen LogP contribution in [0.1, 0.15) is 21.7 Å². The van der Waals surface area contributed by atoms with E-state index in [2.05, 4.69) is 15.5 Å². The molecule has 1 aromatic carbocycles. The molecule has 6 nitrogen and oxygen atoms in total. The lowest BCUT2D eigenvalue weighted by atomic mass is 10.1. The molecule has 0 saturated carbocycles. The van der Waals surface area contributed by atoms with Gasteiger partial charge in [-0.05, 0) is 36.8 Å². The zero-order valence-electron chi connectivity index (χ0n) is 13.4. The van der Waals surface area contributed by atoms with Crippen LogP contribution in [0.2, 0.25) is 0 Å². The van der Waals surface area contributed by atoms with E-state index < -0.39 is 0 Å². The van der Waals surface area contributed by atoms with Crippen molar-refractivity contribution in [2.24, 2.45) is 0 Å². The molecule has 0 bridgehead atoms. The Bertz CT molecular complexity index is 844. The summed E-state index contributed by atoms with van der Waals surface area (Å²) in [5.41, 5.74) is 2.68. The Morgan fingerprint density at radius 3 is 2.79 bits per heavy atom. The molecule has 0 unspecified atom stereocenters. The molecule has 0 spiro atoms. The number of nitrogens with zero attached hydrogens (tertiary/aromatic N) is 2. The van der Waals surface area contributed by atoms with Crippen LogP contribution in [0.15, 0.2) is 53.3 Å². The van der Waals surface area contributed by atoms with Crippen LogP contribution in [0.3, 0.4) is 0 Å². The second-order valence-electron chi connectivity index (χ2n) is 5.23. The van der Waals surface area contributed by atoms with Gasteiger partial charge in [-0.15, -0.1) is 0 Å². The van der Waals surface area contributed by atoms with E-state index in [0.717, 1.165) is 16.9 Å². The van der Waals surface area contributed by atoms with E-state index in [1.807, 2.05) is 24.3 Å². The summed E-state index contributed by atoms with van der Waals surface area (Å²) >= 11 is 0. The highest BCUT2D eigenvalue weighted by Crippen LogP contribution is 2.24. The molecule has 0 atom stereocenters. The fraction of sp³-hybridized carbons (Fsp3) is 0.167. The molecule has 0 aliphatic heterocycles. The van der Waals surface area contributed by atoms with E-state index >= 15 is 0 Å². The van der Waals surface area contributed by atoms with Crippen LogP contribution < -0.4 is 10.1 Å². The van der Waals surface area contributed by atoms with E-state index in [4.69, 9.17) is 9.26 Å². The molecule has 6 heteroatoms. The van der Waals surface area contributed by atoms with Gasteiger partial charge in [0, 0.05) is 24.5 Å².